The van der Waals surface area contributed by atoms with Gasteiger partial charge in [0.25, 0.3) is 0 Å². The van der Waals surface area contributed by atoms with E-state index in [9.17, 15) is 13.2 Å². The zero-order valence-electron chi connectivity index (χ0n) is 12.6. The highest BCUT2D eigenvalue weighted by Gasteiger charge is 2.27. The van der Waals surface area contributed by atoms with Crippen LogP contribution < -0.4 is 5.32 Å². The highest BCUT2D eigenvalue weighted by molar-refractivity contribution is 5.19. The first kappa shape index (κ1) is 18.0. The Labute approximate surface area is 124 Å². The predicted molar refractivity (Wildman–Crippen MR) is 78.1 cm³/mol. The van der Waals surface area contributed by atoms with Crippen molar-refractivity contribution >= 4 is 0 Å². The van der Waals surface area contributed by atoms with E-state index in [0.717, 1.165) is 18.5 Å². The van der Waals surface area contributed by atoms with E-state index in [0.29, 0.717) is 6.42 Å². The SMILES string of the molecule is CCCNC(c1ccccc1)C(C)CCOCC(F)(F)F. The van der Waals surface area contributed by atoms with Crippen LogP contribution >= 0.6 is 0 Å². The van der Waals surface area contributed by atoms with Gasteiger partial charge in [0.1, 0.15) is 6.61 Å². The van der Waals surface area contributed by atoms with Crippen molar-refractivity contribution in [3.63, 3.8) is 0 Å². The third-order valence-electron chi connectivity index (χ3n) is 3.33. The van der Waals surface area contributed by atoms with Crippen LogP contribution in [0.4, 0.5) is 13.2 Å². The summed E-state index contributed by atoms with van der Waals surface area (Å²) >= 11 is 0. The largest absolute Gasteiger partial charge is 0.411 e. The topological polar surface area (TPSA) is 21.3 Å². The molecule has 2 atom stereocenters. The van der Waals surface area contributed by atoms with Crippen LogP contribution in [0, 0.1) is 5.92 Å². The normalized spacial score (nSPS) is 14.9. The van der Waals surface area contributed by atoms with Crippen LogP contribution in [0.2, 0.25) is 0 Å². The van der Waals surface area contributed by atoms with Crippen molar-refractivity contribution in [2.45, 2.75) is 38.9 Å². The molecule has 0 aliphatic carbocycles. The van der Waals surface area contributed by atoms with E-state index < -0.39 is 12.8 Å². The molecule has 0 aliphatic heterocycles. The molecule has 5 heteroatoms. The van der Waals surface area contributed by atoms with Gasteiger partial charge in [0.05, 0.1) is 0 Å². The summed E-state index contributed by atoms with van der Waals surface area (Å²) in [5, 5.41) is 3.46. The molecule has 0 saturated heterocycles. The van der Waals surface area contributed by atoms with Crippen molar-refractivity contribution in [2.75, 3.05) is 19.8 Å². The molecule has 1 aromatic rings. The summed E-state index contributed by atoms with van der Waals surface area (Å²) in [4.78, 5) is 0. The zero-order valence-corrected chi connectivity index (χ0v) is 12.6. The van der Waals surface area contributed by atoms with Crippen LogP contribution in [0.25, 0.3) is 0 Å². The molecule has 1 N–H and O–H groups in total. The van der Waals surface area contributed by atoms with Crippen LogP contribution in [0.5, 0.6) is 0 Å². The van der Waals surface area contributed by atoms with E-state index in [2.05, 4.69) is 12.2 Å². The minimum atomic E-state index is -4.25. The Morgan fingerprint density at radius 2 is 1.86 bits per heavy atom. The standard InChI is InChI=1S/C16H24F3NO/c1-3-10-20-15(14-7-5-4-6-8-14)13(2)9-11-21-12-16(17,18)19/h4-8,13,15,20H,3,9-12H2,1-2H3. The number of ether oxygens (including phenoxy) is 1. The summed E-state index contributed by atoms with van der Waals surface area (Å²) in [5.74, 6) is 0.201. The summed E-state index contributed by atoms with van der Waals surface area (Å²) in [6, 6.07) is 10.1. The highest BCUT2D eigenvalue weighted by atomic mass is 19.4. The summed E-state index contributed by atoms with van der Waals surface area (Å²) in [6.07, 6.45) is -2.64. The molecule has 0 amide bonds. The Hall–Kier alpha value is -1.07. The van der Waals surface area contributed by atoms with Gasteiger partial charge in [-0.25, -0.2) is 0 Å². The molecule has 0 bridgehead atoms. The van der Waals surface area contributed by atoms with Crippen LogP contribution in [-0.4, -0.2) is 25.9 Å². The van der Waals surface area contributed by atoms with Gasteiger partial charge in [0.15, 0.2) is 0 Å². The monoisotopic (exact) mass is 303 g/mol. The smallest absolute Gasteiger partial charge is 0.372 e. The molecule has 120 valence electrons. The summed E-state index contributed by atoms with van der Waals surface area (Å²) in [5.41, 5.74) is 1.16. The van der Waals surface area contributed by atoms with E-state index in [1.807, 2.05) is 37.3 Å². The van der Waals surface area contributed by atoms with Crippen LogP contribution in [-0.2, 0) is 4.74 Å². The van der Waals surface area contributed by atoms with Crippen molar-refractivity contribution in [2.24, 2.45) is 5.92 Å². The van der Waals surface area contributed by atoms with Gasteiger partial charge in [-0.05, 0) is 30.9 Å². The lowest BCUT2D eigenvalue weighted by Gasteiger charge is -2.26. The fourth-order valence-corrected chi connectivity index (χ4v) is 2.23. The number of hydrogen-bond donors (Lipinski definition) is 1. The van der Waals surface area contributed by atoms with E-state index >= 15 is 0 Å². The van der Waals surface area contributed by atoms with Gasteiger partial charge in [-0.3, -0.25) is 0 Å². The average Bonchev–Trinajstić information content (AvgIpc) is 2.44. The second kappa shape index (κ2) is 9.05. The number of benzene rings is 1. The second-order valence-electron chi connectivity index (χ2n) is 5.28. The van der Waals surface area contributed by atoms with Gasteiger partial charge in [-0.15, -0.1) is 0 Å². The molecule has 0 fully saturated rings. The third-order valence-corrected chi connectivity index (χ3v) is 3.33. The first-order chi connectivity index (χ1) is 9.94. The molecule has 0 aromatic heterocycles. The predicted octanol–water partition coefficient (Wildman–Crippen LogP) is 4.33. The fourth-order valence-electron chi connectivity index (χ4n) is 2.23. The van der Waals surface area contributed by atoms with Crippen molar-refractivity contribution in [1.29, 1.82) is 0 Å². The number of alkyl halides is 3. The lowest BCUT2D eigenvalue weighted by Crippen LogP contribution is -2.28. The van der Waals surface area contributed by atoms with E-state index in [4.69, 9.17) is 4.74 Å². The highest BCUT2D eigenvalue weighted by Crippen LogP contribution is 2.25. The Balaban J connectivity index is 2.50. The molecule has 2 nitrogen and oxygen atoms in total. The zero-order chi connectivity index (χ0) is 15.7. The van der Waals surface area contributed by atoms with Crippen molar-refractivity contribution in [3.05, 3.63) is 35.9 Å². The number of nitrogens with one attached hydrogen (secondary N) is 1. The Kier molecular flexibility index (Phi) is 7.75. The van der Waals surface area contributed by atoms with E-state index in [1.54, 1.807) is 0 Å². The summed E-state index contributed by atoms with van der Waals surface area (Å²) in [7, 11) is 0. The third kappa shape index (κ3) is 7.48. The lowest BCUT2D eigenvalue weighted by atomic mass is 9.92. The van der Waals surface area contributed by atoms with Crippen molar-refractivity contribution in [3.8, 4) is 0 Å². The van der Waals surface area contributed by atoms with Gasteiger partial charge >= 0.3 is 6.18 Å². The molecule has 0 aliphatic rings. The Morgan fingerprint density at radius 3 is 2.43 bits per heavy atom. The first-order valence-electron chi connectivity index (χ1n) is 7.37. The van der Waals surface area contributed by atoms with Crippen molar-refractivity contribution in [1.82, 2.24) is 5.32 Å². The van der Waals surface area contributed by atoms with E-state index in [1.165, 1.54) is 0 Å². The fraction of sp³-hybridized carbons (Fsp3) is 0.625. The van der Waals surface area contributed by atoms with Gasteiger partial charge < -0.3 is 10.1 Å². The molecule has 0 radical (unpaired) electrons. The molecule has 0 saturated carbocycles. The number of halogens is 3. The quantitative estimate of drug-likeness (QED) is 0.686. The lowest BCUT2D eigenvalue weighted by molar-refractivity contribution is -0.174. The van der Waals surface area contributed by atoms with Gasteiger partial charge in [-0.2, -0.15) is 13.2 Å². The van der Waals surface area contributed by atoms with Gasteiger partial charge in [0.2, 0.25) is 0 Å². The van der Waals surface area contributed by atoms with Crippen molar-refractivity contribution < 1.29 is 17.9 Å². The molecule has 0 heterocycles. The average molecular weight is 303 g/mol. The van der Waals surface area contributed by atoms with Crippen LogP contribution in [0.3, 0.4) is 0 Å². The summed E-state index contributed by atoms with van der Waals surface area (Å²) < 4.78 is 40.8. The van der Waals surface area contributed by atoms with Crippen LogP contribution in [0.1, 0.15) is 38.3 Å². The Morgan fingerprint density at radius 1 is 1.19 bits per heavy atom. The number of rotatable bonds is 9. The van der Waals surface area contributed by atoms with Crippen LogP contribution in [0.15, 0.2) is 30.3 Å². The maximum absolute atomic E-state index is 12.0. The molecule has 1 rings (SSSR count). The maximum atomic E-state index is 12.0. The molecular formula is C16H24F3NO. The van der Waals surface area contributed by atoms with Gasteiger partial charge in [0, 0.05) is 12.6 Å². The molecular weight excluding hydrogens is 279 g/mol. The van der Waals surface area contributed by atoms with Gasteiger partial charge in [-0.1, -0.05) is 44.2 Å². The maximum Gasteiger partial charge on any atom is 0.411 e. The molecule has 0 spiro atoms. The second-order valence-corrected chi connectivity index (χ2v) is 5.28. The molecule has 1 aromatic carbocycles. The Bertz CT molecular complexity index is 381. The molecule has 21 heavy (non-hydrogen) atoms. The molecule has 2 unspecified atom stereocenters. The number of hydrogen-bond acceptors (Lipinski definition) is 2. The summed E-state index contributed by atoms with van der Waals surface area (Å²) in [6.45, 7) is 3.96. The first-order valence-corrected chi connectivity index (χ1v) is 7.37. The minimum Gasteiger partial charge on any atom is -0.372 e. The van der Waals surface area contributed by atoms with E-state index in [-0.39, 0.29) is 18.6 Å². The minimum absolute atomic E-state index is 0.123.